The first-order valence-corrected chi connectivity index (χ1v) is 7.30. The van der Waals surface area contributed by atoms with Gasteiger partial charge in [0.1, 0.15) is 5.75 Å². The molecule has 0 aromatic heterocycles. The van der Waals surface area contributed by atoms with Crippen LogP contribution in [0.15, 0.2) is 47.6 Å². The first kappa shape index (κ1) is 16.0. The molecule has 0 radical (unpaired) electrons. The van der Waals surface area contributed by atoms with Crippen LogP contribution in [0.25, 0.3) is 0 Å². The summed E-state index contributed by atoms with van der Waals surface area (Å²) in [5, 5.41) is 4.44. The van der Waals surface area contributed by atoms with E-state index in [-0.39, 0.29) is 5.91 Å². The van der Waals surface area contributed by atoms with Crippen LogP contribution in [0.5, 0.6) is 5.75 Å². The highest BCUT2D eigenvalue weighted by molar-refractivity contribution is 6.32. The van der Waals surface area contributed by atoms with Crippen LogP contribution >= 0.6 is 11.6 Å². The molecule has 2 rings (SSSR count). The predicted molar refractivity (Wildman–Crippen MR) is 88.9 cm³/mol. The molecule has 0 fully saturated rings. The van der Waals surface area contributed by atoms with Crippen molar-refractivity contribution in [3.8, 4) is 5.75 Å². The molecule has 2 aromatic carbocycles. The summed E-state index contributed by atoms with van der Waals surface area (Å²) >= 11 is 6.09. The van der Waals surface area contributed by atoms with Gasteiger partial charge in [0, 0.05) is 5.56 Å². The molecule has 0 atom stereocenters. The van der Waals surface area contributed by atoms with Crippen molar-refractivity contribution in [2.75, 3.05) is 6.61 Å². The number of hydrogen-bond donors (Lipinski definition) is 1. The Morgan fingerprint density at radius 3 is 2.64 bits per heavy atom. The lowest BCUT2D eigenvalue weighted by molar-refractivity contribution is 0.0955. The van der Waals surface area contributed by atoms with Gasteiger partial charge in [-0.1, -0.05) is 29.3 Å². The molecule has 1 N–H and O–H groups in total. The lowest BCUT2D eigenvalue weighted by Gasteiger charge is -2.05. The Bertz CT molecular complexity index is 682. The number of halogens is 1. The first-order chi connectivity index (χ1) is 10.6. The number of hydrogen-bond acceptors (Lipinski definition) is 3. The highest BCUT2D eigenvalue weighted by atomic mass is 35.5. The molecule has 114 valence electrons. The summed E-state index contributed by atoms with van der Waals surface area (Å²) in [6.07, 6.45) is 1.54. The van der Waals surface area contributed by atoms with E-state index in [1.807, 2.05) is 32.0 Å². The summed E-state index contributed by atoms with van der Waals surface area (Å²) in [5.41, 5.74) is 4.92. The number of hydrazone groups is 1. The zero-order valence-electron chi connectivity index (χ0n) is 12.5. The monoisotopic (exact) mass is 316 g/mol. The van der Waals surface area contributed by atoms with E-state index in [1.54, 1.807) is 24.3 Å². The molecule has 0 aliphatic carbocycles. The third-order valence-electron chi connectivity index (χ3n) is 2.95. The second kappa shape index (κ2) is 7.61. The summed E-state index contributed by atoms with van der Waals surface area (Å²) in [7, 11) is 0. The van der Waals surface area contributed by atoms with Gasteiger partial charge < -0.3 is 4.74 Å². The Labute approximate surface area is 134 Å². The molecule has 2 aromatic rings. The van der Waals surface area contributed by atoms with Crippen molar-refractivity contribution in [3.63, 3.8) is 0 Å². The molecule has 1 amide bonds. The zero-order valence-corrected chi connectivity index (χ0v) is 13.2. The van der Waals surface area contributed by atoms with Gasteiger partial charge in [0.15, 0.2) is 0 Å². The summed E-state index contributed by atoms with van der Waals surface area (Å²) in [6, 6.07) is 12.6. The third-order valence-corrected chi connectivity index (χ3v) is 3.24. The molecule has 0 heterocycles. The highest BCUT2D eigenvalue weighted by Gasteiger charge is 2.03. The molecular formula is C17H17ClN2O2. The van der Waals surface area contributed by atoms with Crippen molar-refractivity contribution >= 4 is 23.7 Å². The normalized spacial score (nSPS) is 10.7. The van der Waals surface area contributed by atoms with Gasteiger partial charge in [-0.05, 0) is 49.7 Å². The lowest BCUT2D eigenvalue weighted by Crippen LogP contribution is -2.17. The maximum absolute atomic E-state index is 11.9. The second-order valence-corrected chi connectivity index (χ2v) is 5.10. The number of nitrogens with one attached hydrogen (secondary N) is 1. The Hall–Kier alpha value is -2.33. The highest BCUT2D eigenvalue weighted by Crippen LogP contribution is 2.24. The largest absolute Gasteiger partial charge is 0.492 e. The SMILES string of the molecule is CCOc1ccc(/C=N\NC(=O)c2ccc(C)cc2)cc1Cl. The van der Waals surface area contributed by atoms with Crippen LogP contribution in [0.2, 0.25) is 5.02 Å². The van der Waals surface area contributed by atoms with Crippen LogP contribution < -0.4 is 10.2 Å². The number of carbonyl (C=O) groups is 1. The van der Waals surface area contributed by atoms with E-state index in [9.17, 15) is 4.79 Å². The predicted octanol–water partition coefficient (Wildman–Crippen LogP) is 3.81. The quantitative estimate of drug-likeness (QED) is 0.673. The molecule has 0 aliphatic rings. The molecule has 0 unspecified atom stereocenters. The maximum Gasteiger partial charge on any atom is 0.271 e. The molecule has 0 aliphatic heterocycles. The van der Waals surface area contributed by atoms with Gasteiger partial charge in [-0.25, -0.2) is 5.43 Å². The summed E-state index contributed by atoms with van der Waals surface area (Å²) in [4.78, 5) is 11.9. The summed E-state index contributed by atoms with van der Waals surface area (Å²) in [5.74, 6) is 0.373. The van der Waals surface area contributed by atoms with E-state index in [0.717, 1.165) is 11.1 Å². The van der Waals surface area contributed by atoms with E-state index in [1.165, 1.54) is 6.21 Å². The zero-order chi connectivity index (χ0) is 15.9. The number of nitrogens with zero attached hydrogens (tertiary/aromatic N) is 1. The van der Waals surface area contributed by atoms with Crippen LogP contribution in [-0.4, -0.2) is 18.7 Å². The van der Waals surface area contributed by atoms with Gasteiger partial charge in [0.05, 0.1) is 17.8 Å². The Morgan fingerprint density at radius 2 is 2.00 bits per heavy atom. The molecule has 0 saturated heterocycles. The average molecular weight is 317 g/mol. The number of rotatable bonds is 5. The number of carbonyl (C=O) groups excluding carboxylic acids is 1. The number of aryl methyl sites for hydroxylation is 1. The van der Waals surface area contributed by atoms with E-state index in [0.29, 0.717) is 22.9 Å². The van der Waals surface area contributed by atoms with Crippen LogP contribution in [0.1, 0.15) is 28.4 Å². The molecule has 0 spiro atoms. The fourth-order valence-corrected chi connectivity index (χ4v) is 2.05. The van der Waals surface area contributed by atoms with Crippen molar-refractivity contribution in [3.05, 3.63) is 64.2 Å². The third kappa shape index (κ3) is 4.33. The van der Waals surface area contributed by atoms with Crippen LogP contribution in [0, 0.1) is 6.92 Å². The first-order valence-electron chi connectivity index (χ1n) is 6.92. The van der Waals surface area contributed by atoms with Gasteiger partial charge in [-0.3, -0.25) is 4.79 Å². The van der Waals surface area contributed by atoms with Gasteiger partial charge in [0.25, 0.3) is 5.91 Å². The molecule has 4 nitrogen and oxygen atoms in total. The number of ether oxygens (including phenoxy) is 1. The van der Waals surface area contributed by atoms with E-state index < -0.39 is 0 Å². The van der Waals surface area contributed by atoms with Crippen LogP contribution in [0.3, 0.4) is 0 Å². The molecule has 0 saturated carbocycles. The molecule has 22 heavy (non-hydrogen) atoms. The number of amides is 1. The summed E-state index contributed by atoms with van der Waals surface area (Å²) in [6.45, 7) is 4.42. The smallest absolute Gasteiger partial charge is 0.271 e. The minimum atomic E-state index is -0.256. The molecule has 0 bridgehead atoms. The molecule has 5 heteroatoms. The number of benzene rings is 2. The Balaban J connectivity index is 1.98. The second-order valence-electron chi connectivity index (χ2n) is 4.69. The maximum atomic E-state index is 11.9. The van der Waals surface area contributed by atoms with Crippen molar-refractivity contribution in [2.24, 2.45) is 5.10 Å². The Morgan fingerprint density at radius 1 is 1.27 bits per heavy atom. The Kier molecular flexibility index (Phi) is 5.55. The van der Waals surface area contributed by atoms with E-state index in [4.69, 9.17) is 16.3 Å². The van der Waals surface area contributed by atoms with Gasteiger partial charge in [-0.15, -0.1) is 0 Å². The fourth-order valence-electron chi connectivity index (χ4n) is 1.80. The summed E-state index contributed by atoms with van der Waals surface area (Å²) < 4.78 is 5.36. The van der Waals surface area contributed by atoms with Crippen LogP contribution in [0.4, 0.5) is 0 Å². The van der Waals surface area contributed by atoms with Crippen molar-refractivity contribution < 1.29 is 9.53 Å². The minimum absolute atomic E-state index is 0.256. The van der Waals surface area contributed by atoms with Gasteiger partial charge >= 0.3 is 0 Å². The van der Waals surface area contributed by atoms with E-state index >= 15 is 0 Å². The van der Waals surface area contributed by atoms with Crippen molar-refractivity contribution in [2.45, 2.75) is 13.8 Å². The van der Waals surface area contributed by atoms with Gasteiger partial charge in [0.2, 0.25) is 0 Å². The van der Waals surface area contributed by atoms with E-state index in [2.05, 4.69) is 10.5 Å². The van der Waals surface area contributed by atoms with Crippen LogP contribution in [-0.2, 0) is 0 Å². The molecular weight excluding hydrogens is 300 g/mol. The lowest BCUT2D eigenvalue weighted by atomic mass is 10.1. The average Bonchev–Trinajstić information content (AvgIpc) is 2.50. The van der Waals surface area contributed by atoms with Crippen molar-refractivity contribution in [1.29, 1.82) is 0 Å². The van der Waals surface area contributed by atoms with Crippen molar-refractivity contribution in [1.82, 2.24) is 5.43 Å². The topological polar surface area (TPSA) is 50.7 Å². The fraction of sp³-hybridized carbons (Fsp3) is 0.176. The van der Waals surface area contributed by atoms with Gasteiger partial charge in [-0.2, -0.15) is 5.10 Å². The standard InChI is InChI=1S/C17H17ClN2O2/c1-3-22-16-9-6-13(10-15(16)18)11-19-20-17(21)14-7-4-12(2)5-8-14/h4-11H,3H2,1-2H3,(H,20,21)/b19-11-. The minimum Gasteiger partial charge on any atom is -0.492 e.